The van der Waals surface area contributed by atoms with Gasteiger partial charge in [-0.3, -0.25) is 0 Å². The number of nitrogens with one attached hydrogen (secondary N) is 1. The minimum Gasteiger partial charge on any atom is -0.508 e. The lowest BCUT2D eigenvalue weighted by molar-refractivity contribution is 0.182. The third-order valence-electron chi connectivity index (χ3n) is 3.79. The van der Waals surface area contributed by atoms with Crippen LogP contribution in [-0.2, 0) is 4.74 Å². The monoisotopic (exact) mass is 294 g/mol. The molecule has 0 bridgehead atoms. The van der Waals surface area contributed by atoms with Crippen LogP contribution in [0.15, 0.2) is 18.2 Å². The first-order valence-corrected chi connectivity index (χ1v) is 7.86. The Morgan fingerprint density at radius 2 is 2.00 bits per heavy atom. The van der Waals surface area contributed by atoms with Gasteiger partial charge in [-0.05, 0) is 39.8 Å². The number of aromatic hydroxyl groups is 1. The SMILES string of the molecule is CCCNC(C)c1ccc(N(CC)C(C)COC)cc1O. The molecule has 120 valence electrons. The summed E-state index contributed by atoms with van der Waals surface area (Å²) in [6.45, 7) is 11.0. The molecule has 0 spiro atoms. The van der Waals surface area contributed by atoms with Gasteiger partial charge >= 0.3 is 0 Å². The van der Waals surface area contributed by atoms with E-state index < -0.39 is 0 Å². The van der Waals surface area contributed by atoms with E-state index in [0.717, 1.165) is 30.8 Å². The molecule has 0 aliphatic rings. The van der Waals surface area contributed by atoms with E-state index in [-0.39, 0.29) is 12.1 Å². The normalized spacial score (nSPS) is 14.0. The third-order valence-corrected chi connectivity index (χ3v) is 3.79. The topological polar surface area (TPSA) is 44.7 Å². The molecule has 0 aliphatic carbocycles. The summed E-state index contributed by atoms with van der Waals surface area (Å²) in [5.74, 6) is 0.353. The fourth-order valence-electron chi connectivity index (χ4n) is 2.63. The van der Waals surface area contributed by atoms with Crippen molar-refractivity contribution < 1.29 is 9.84 Å². The molecular formula is C17H30N2O2. The van der Waals surface area contributed by atoms with Crippen LogP contribution in [0.4, 0.5) is 5.69 Å². The summed E-state index contributed by atoms with van der Waals surface area (Å²) in [4.78, 5) is 2.23. The maximum Gasteiger partial charge on any atom is 0.122 e. The second-order valence-electron chi connectivity index (χ2n) is 5.51. The van der Waals surface area contributed by atoms with E-state index in [9.17, 15) is 5.11 Å². The Morgan fingerprint density at radius 3 is 2.52 bits per heavy atom. The molecule has 0 heterocycles. The molecule has 0 amide bonds. The second-order valence-corrected chi connectivity index (χ2v) is 5.51. The molecule has 2 unspecified atom stereocenters. The van der Waals surface area contributed by atoms with E-state index in [1.165, 1.54) is 0 Å². The molecular weight excluding hydrogens is 264 g/mol. The number of anilines is 1. The van der Waals surface area contributed by atoms with Crippen LogP contribution in [0, 0.1) is 0 Å². The van der Waals surface area contributed by atoms with Gasteiger partial charge in [0.05, 0.1) is 6.61 Å². The Morgan fingerprint density at radius 1 is 1.29 bits per heavy atom. The molecule has 2 N–H and O–H groups in total. The van der Waals surface area contributed by atoms with Crippen molar-refractivity contribution in [2.45, 2.75) is 46.2 Å². The summed E-state index contributed by atoms with van der Waals surface area (Å²) < 4.78 is 5.23. The number of ether oxygens (including phenoxy) is 1. The van der Waals surface area contributed by atoms with E-state index in [4.69, 9.17) is 4.74 Å². The smallest absolute Gasteiger partial charge is 0.122 e. The molecule has 0 saturated heterocycles. The van der Waals surface area contributed by atoms with Crippen LogP contribution in [0.1, 0.15) is 45.7 Å². The zero-order valence-corrected chi connectivity index (χ0v) is 14.0. The van der Waals surface area contributed by atoms with Gasteiger partial charge in [-0.1, -0.05) is 13.0 Å². The van der Waals surface area contributed by atoms with Crippen LogP contribution in [0.5, 0.6) is 5.75 Å². The van der Waals surface area contributed by atoms with Crippen molar-refractivity contribution in [1.29, 1.82) is 0 Å². The van der Waals surface area contributed by atoms with Crippen LogP contribution in [-0.4, -0.2) is 38.0 Å². The molecule has 4 nitrogen and oxygen atoms in total. The molecule has 0 radical (unpaired) electrons. The van der Waals surface area contributed by atoms with Crippen molar-refractivity contribution >= 4 is 5.69 Å². The quantitative estimate of drug-likeness (QED) is 0.733. The molecule has 0 aromatic heterocycles. The number of likely N-dealkylation sites (N-methyl/N-ethyl adjacent to an activating group) is 1. The van der Waals surface area contributed by atoms with Crippen LogP contribution in [0.25, 0.3) is 0 Å². The Kier molecular flexibility index (Phi) is 7.54. The molecule has 1 aromatic rings. The summed E-state index contributed by atoms with van der Waals surface area (Å²) in [7, 11) is 1.71. The van der Waals surface area contributed by atoms with Crippen molar-refractivity contribution in [3.63, 3.8) is 0 Å². The maximum absolute atomic E-state index is 10.3. The van der Waals surface area contributed by atoms with Crippen LogP contribution in [0.2, 0.25) is 0 Å². The average Bonchev–Trinajstić information content (AvgIpc) is 2.46. The molecule has 4 heteroatoms. The number of benzene rings is 1. The van der Waals surface area contributed by atoms with Crippen LogP contribution in [0.3, 0.4) is 0 Å². The third kappa shape index (κ3) is 4.90. The number of rotatable bonds is 9. The van der Waals surface area contributed by atoms with Gasteiger partial charge in [-0.2, -0.15) is 0 Å². The highest BCUT2D eigenvalue weighted by molar-refractivity contribution is 5.54. The average molecular weight is 294 g/mol. The number of methoxy groups -OCH3 is 1. The number of phenols is 1. The summed E-state index contributed by atoms with van der Waals surface area (Å²) in [5.41, 5.74) is 1.98. The molecule has 0 fully saturated rings. The highest BCUT2D eigenvalue weighted by Gasteiger charge is 2.16. The van der Waals surface area contributed by atoms with Crippen molar-refractivity contribution in [1.82, 2.24) is 5.32 Å². The predicted octanol–water partition coefficient (Wildman–Crippen LogP) is 3.31. The van der Waals surface area contributed by atoms with Gasteiger partial charge < -0.3 is 20.1 Å². The minimum atomic E-state index is 0.158. The lowest BCUT2D eigenvalue weighted by atomic mass is 10.1. The van der Waals surface area contributed by atoms with Crippen molar-refractivity contribution in [3.05, 3.63) is 23.8 Å². The van der Waals surface area contributed by atoms with E-state index in [1.54, 1.807) is 7.11 Å². The van der Waals surface area contributed by atoms with Crippen LogP contribution >= 0.6 is 0 Å². The first kappa shape index (κ1) is 17.8. The summed E-state index contributed by atoms with van der Waals surface area (Å²) in [5, 5.41) is 13.7. The highest BCUT2D eigenvalue weighted by atomic mass is 16.5. The number of phenolic OH excluding ortho intramolecular Hbond substituents is 1. The van der Waals surface area contributed by atoms with Gasteiger partial charge in [0.2, 0.25) is 0 Å². The molecule has 21 heavy (non-hydrogen) atoms. The number of hydrogen-bond acceptors (Lipinski definition) is 4. The first-order chi connectivity index (χ1) is 10.0. The van der Waals surface area contributed by atoms with Gasteiger partial charge in [0.15, 0.2) is 0 Å². The summed E-state index contributed by atoms with van der Waals surface area (Å²) in [6.07, 6.45) is 1.08. The molecule has 1 aromatic carbocycles. The van der Waals surface area contributed by atoms with E-state index in [1.807, 2.05) is 12.1 Å². The fourth-order valence-corrected chi connectivity index (χ4v) is 2.63. The van der Waals surface area contributed by atoms with Crippen LogP contribution < -0.4 is 10.2 Å². The van der Waals surface area contributed by atoms with E-state index >= 15 is 0 Å². The largest absolute Gasteiger partial charge is 0.508 e. The minimum absolute atomic E-state index is 0.158. The van der Waals surface area contributed by atoms with Gasteiger partial charge in [0.1, 0.15) is 5.75 Å². The first-order valence-electron chi connectivity index (χ1n) is 7.86. The summed E-state index contributed by atoms with van der Waals surface area (Å²) in [6, 6.07) is 6.38. The molecule has 0 saturated carbocycles. The van der Waals surface area contributed by atoms with Gasteiger partial charge in [-0.15, -0.1) is 0 Å². The molecule has 1 rings (SSSR count). The summed E-state index contributed by atoms with van der Waals surface area (Å²) >= 11 is 0. The Bertz CT molecular complexity index is 423. The standard InChI is InChI=1S/C17H30N2O2/c1-6-10-18-14(4)16-9-8-15(11-17(16)20)19(7-2)13(3)12-21-5/h8-9,11,13-14,18,20H,6-7,10,12H2,1-5H3. The Hall–Kier alpha value is -1.26. The zero-order chi connectivity index (χ0) is 15.8. The zero-order valence-electron chi connectivity index (χ0n) is 14.0. The number of hydrogen-bond donors (Lipinski definition) is 2. The second kappa shape index (κ2) is 8.90. The van der Waals surface area contributed by atoms with Crippen molar-refractivity contribution in [3.8, 4) is 5.75 Å². The van der Waals surface area contributed by atoms with Crippen molar-refractivity contribution in [2.75, 3.05) is 31.7 Å². The molecule has 2 atom stereocenters. The van der Waals surface area contributed by atoms with Gasteiger partial charge in [-0.25, -0.2) is 0 Å². The lowest BCUT2D eigenvalue weighted by Crippen LogP contribution is -2.36. The highest BCUT2D eigenvalue weighted by Crippen LogP contribution is 2.29. The Labute approximate surface area is 129 Å². The molecule has 0 aliphatic heterocycles. The fraction of sp³-hybridized carbons (Fsp3) is 0.647. The number of nitrogens with zero attached hydrogens (tertiary/aromatic N) is 1. The van der Waals surface area contributed by atoms with E-state index in [0.29, 0.717) is 12.4 Å². The predicted molar refractivity (Wildman–Crippen MR) is 89.2 cm³/mol. The lowest BCUT2D eigenvalue weighted by Gasteiger charge is -2.30. The van der Waals surface area contributed by atoms with E-state index in [2.05, 4.69) is 44.0 Å². The maximum atomic E-state index is 10.3. The Balaban J connectivity index is 2.89. The van der Waals surface area contributed by atoms with Gasteiger partial charge in [0.25, 0.3) is 0 Å². The van der Waals surface area contributed by atoms with Gasteiger partial charge in [0, 0.05) is 43.1 Å². The van der Waals surface area contributed by atoms with Crippen molar-refractivity contribution in [2.24, 2.45) is 0 Å².